The Bertz CT molecular complexity index is 452. The summed E-state index contributed by atoms with van der Waals surface area (Å²) in [6.07, 6.45) is 0. The molecule has 22 heavy (non-hydrogen) atoms. The Morgan fingerprint density at radius 2 is 1.09 bits per heavy atom. The largest absolute Gasteiger partial charge is 0.707 e. The minimum Gasteiger partial charge on any atom is -0.507 e. The predicted octanol–water partition coefficient (Wildman–Crippen LogP) is 3.27. The van der Waals surface area contributed by atoms with Gasteiger partial charge in [0.2, 0.25) is 29.1 Å². The molecule has 0 fully saturated rings. The summed E-state index contributed by atoms with van der Waals surface area (Å²) in [6, 6.07) is 0. The molecule has 0 aliphatic rings. The first kappa shape index (κ1) is 21.2. The van der Waals surface area contributed by atoms with E-state index in [4.69, 9.17) is 10.0 Å². The summed E-state index contributed by atoms with van der Waals surface area (Å²) in [5, 5.41) is 20.8. The molecule has 0 saturated heterocycles. The minimum absolute atomic E-state index is 0.171. The van der Waals surface area contributed by atoms with Crippen molar-refractivity contribution >= 4 is 21.5 Å². The lowest BCUT2D eigenvalue weighted by Gasteiger charge is -2.08. The molecule has 0 unspecified atom stereocenters. The Morgan fingerprint density at radius 1 is 0.773 bits per heavy atom. The van der Waals surface area contributed by atoms with E-state index in [1.807, 2.05) is 0 Å². The van der Waals surface area contributed by atoms with E-state index in [0.29, 0.717) is 0 Å². The van der Waals surface area contributed by atoms with Crippen molar-refractivity contribution < 1.29 is 36.7 Å². The van der Waals surface area contributed by atoms with E-state index in [1.165, 1.54) is 15.8 Å². The van der Waals surface area contributed by atoms with Crippen LogP contribution in [0.3, 0.4) is 0 Å². The van der Waals surface area contributed by atoms with Crippen molar-refractivity contribution in [3.8, 4) is 5.75 Å². The molecule has 0 aliphatic heterocycles. The monoisotopic (exact) mass is 342 g/mol. The molecular formula is C12H17AlBF5O3. The van der Waals surface area contributed by atoms with Crippen molar-refractivity contribution in [2.45, 2.75) is 36.6 Å². The molecule has 1 rings (SSSR count). The molecular weight excluding hydrogens is 325 g/mol. The fourth-order valence-electron chi connectivity index (χ4n) is 1.66. The highest BCUT2D eigenvalue weighted by Gasteiger charge is 2.29. The van der Waals surface area contributed by atoms with Crippen molar-refractivity contribution in [2.24, 2.45) is 0 Å². The molecule has 0 saturated carbocycles. The SMILES string of the molecule is C[CH2][Al]([CH2]C)[CH2]C.OB(O)Oc1c(F)c(F)c(F)c(F)c1F. The van der Waals surface area contributed by atoms with Gasteiger partial charge in [-0.05, 0) is 0 Å². The topological polar surface area (TPSA) is 49.7 Å². The van der Waals surface area contributed by atoms with E-state index in [2.05, 4.69) is 25.4 Å². The highest BCUT2D eigenvalue weighted by molar-refractivity contribution is 6.58. The lowest BCUT2D eigenvalue weighted by Crippen LogP contribution is -2.23. The van der Waals surface area contributed by atoms with Gasteiger partial charge in [-0.1, -0.05) is 36.6 Å². The fourth-order valence-corrected chi connectivity index (χ4v) is 3.39. The Kier molecular flexibility index (Phi) is 9.68. The second kappa shape index (κ2) is 10.1. The van der Waals surface area contributed by atoms with Crippen LogP contribution in [0, 0.1) is 29.1 Å². The van der Waals surface area contributed by atoms with E-state index in [1.54, 1.807) is 0 Å². The molecule has 0 aliphatic carbocycles. The first-order valence-electron chi connectivity index (χ1n) is 6.75. The van der Waals surface area contributed by atoms with Crippen molar-refractivity contribution in [2.75, 3.05) is 0 Å². The van der Waals surface area contributed by atoms with Gasteiger partial charge >= 0.3 is 7.32 Å². The highest BCUT2D eigenvalue weighted by Crippen LogP contribution is 2.28. The molecule has 0 bridgehead atoms. The third-order valence-corrected chi connectivity index (χ3v) is 6.59. The summed E-state index contributed by atoms with van der Waals surface area (Å²) in [5.74, 6) is -13.1. The van der Waals surface area contributed by atoms with Gasteiger partial charge in [0, 0.05) is 0 Å². The third-order valence-electron chi connectivity index (χ3n) is 3.12. The lowest BCUT2D eigenvalue weighted by atomic mass is 10.2. The smallest absolute Gasteiger partial charge is 0.507 e. The molecule has 0 radical (unpaired) electrons. The second-order valence-corrected chi connectivity index (χ2v) is 8.62. The van der Waals surface area contributed by atoms with Crippen LogP contribution in [0.15, 0.2) is 0 Å². The summed E-state index contributed by atoms with van der Waals surface area (Å²) in [4.78, 5) is 0. The fraction of sp³-hybridized carbons (Fsp3) is 0.500. The second-order valence-electron chi connectivity index (χ2n) is 4.43. The third kappa shape index (κ3) is 5.76. The van der Waals surface area contributed by atoms with Gasteiger partial charge in [0.15, 0.2) is 5.75 Å². The molecule has 1 aromatic carbocycles. The van der Waals surface area contributed by atoms with E-state index in [-0.39, 0.29) is 14.1 Å². The molecule has 2 N–H and O–H groups in total. The van der Waals surface area contributed by atoms with Crippen LogP contribution in [0.2, 0.25) is 15.8 Å². The van der Waals surface area contributed by atoms with Gasteiger partial charge in [-0.2, -0.15) is 8.78 Å². The van der Waals surface area contributed by atoms with Gasteiger partial charge in [0.25, 0.3) is 14.1 Å². The minimum atomic E-state index is -2.70. The zero-order chi connectivity index (χ0) is 17.4. The van der Waals surface area contributed by atoms with E-state index < -0.39 is 42.2 Å². The van der Waals surface area contributed by atoms with E-state index in [9.17, 15) is 22.0 Å². The zero-order valence-electron chi connectivity index (χ0n) is 12.5. The average Bonchev–Trinajstić information content (AvgIpc) is 2.50. The van der Waals surface area contributed by atoms with Crippen LogP contribution >= 0.6 is 0 Å². The zero-order valence-corrected chi connectivity index (χ0v) is 13.6. The quantitative estimate of drug-likeness (QED) is 0.374. The van der Waals surface area contributed by atoms with Gasteiger partial charge < -0.3 is 14.7 Å². The van der Waals surface area contributed by atoms with Gasteiger partial charge in [-0.3, -0.25) is 0 Å². The number of rotatable bonds is 5. The number of hydrogen-bond acceptors (Lipinski definition) is 3. The maximum absolute atomic E-state index is 12.7. The van der Waals surface area contributed by atoms with Gasteiger partial charge in [0.05, 0.1) is 0 Å². The van der Waals surface area contributed by atoms with Gasteiger partial charge in [0.1, 0.15) is 0 Å². The van der Waals surface area contributed by atoms with Crippen LogP contribution in [-0.4, -0.2) is 31.5 Å². The molecule has 3 nitrogen and oxygen atoms in total. The standard InChI is InChI=1S/C6H2BF5O3.3C2H5.Al/c8-1-2(9)4(11)6(15-7(13)14)5(12)3(1)10;3*1-2;/h13-14H;3*1H2,2H3;. The van der Waals surface area contributed by atoms with Crippen molar-refractivity contribution in [3.63, 3.8) is 0 Å². The molecule has 0 heterocycles. The van der Waals surface area contributed by atoms with Crippen molar-refractivity contribution in [1.29, 1.82) is 0 Å². The Morgan fingerprint density at radius 3 is 1.32 bits per heavy atom. The van der Waals surface area contributed by atoms with Crippen LogP contribution in [-0.2, 0) is 0 Å². The highest BCUT2D eigenvalue weighted by atomic mass is 27.2. The Labute approximate surface area is 130 Å². The molecule has 0 aromatic heterocycles. The molecule has 1 aromatic rings. The Balaban J connectivity index is 0.000000534. The summed E-state index contributed by atoms with van der Waals surface area (Å²) in [7, 11) is -2.70. The first-order valence-corrected chi connectivity index (χ1v) is 9.20. The van der Waals surface area contributed by atoms with Crippen LogP contribution in [0.4, 0.5) is 22.0 Å². The summed E-state index contributed by atoms with van der Waals surface area (Å²) < 4.78 is 66.3. The molecule has 0 amide bonds. The first-order chi connectivity index (χ1) is 10.2. The van der Waals surface area contributed by atoms with E-state index in [0.717, 1.165) is 0 Å². The maximum atomic E-state index is 12.7. The molecule has 124 valence electrons. The summed E-state index contributed by atoms with van der Waals surface area (Å²) in [6.45, 7) is 6.97. The van der Waals surface area contributed by atoms with Crippen LogP contribution in [0.25, 0.3) is 0 Å². The molecule has 10 heteroatoms. The van der Waals surface area contributed by atoms with Crippen LogP contribution in [0.1, 0.15) is 20.8 Å². The summed E-state index contributed by atoms with van der Waals surface area (Å²) in [5.41, 5.74) is 0. The Hall–Kier alpha value is -0.813. The molecule has 0 atom stereocenters. The number of hydrogen-bond donors (Lipinski definition) is 2. The van der Waals surface area contributed by atoms with Gasteiger partial charge in [-0.25, -0.2) is 13.2 Å². The summed E-state index contributed by atoms with van der Waals surface area (Å²) >= 11 is -0.171. The maximum Gasteiger partial charge on any atom is 0.707 e. The normalized spacial score (nSPS) is 9.91. The van der Waals surface area contributed by atoms with Crippen LogP contribution < -0.4 is 4.65 Å². The average molecular weight is 342 g/mol. The predicted molar refractivity (Wildman–Crippen MR) is 74.2 cm³/mol. The van der Waals surface area contributed by atoms with Gasteiger partial charge in [-0.15, -0.1) is 0 Å². The van der Waals surface area contributed by atoms with Crippen molar-refractivity contribution in [3.05, 3.63) is 29.1 Å². The van der Waals surface area contributed by atoms with Crippen LogP contribution in [0.5, 0.6) is 5.75 Å². The molecule has 0 spiro atoms. The lowest BCUT2D eigenvalue weighted by molar-refractivity contribution is 0.263. The number of benzene rings is 1. The van der Waals surface area contributed by atoms with E-state index >= 15 is 0 Å². The van der Waals surface area contributed by atoms with Crippen molar-refractivity contribution in [1.82, 2.24) is 0 Å². The number of halogens is 5.